The number of nitrogens with zero attached hydrogens (tertiary/aromatic N) is 3. The van der Waals surface area contributed by atoms with E-state index in [-0.39, 0.29) is 0 Å². The van der Waals surface area contributed by atoms with Crippen LogP contribution < -0.4 is 4.90 Å². The molecule has 0 spiro atoms. The van der Waals surface area contributed by atoms with E-state index in [0.717, 1.165) is 17.1 Å². The summed E-state index contributed by atoms with van der Waals surface area (Å²) in [6.07, 6.45) is 2.09. The Morgan fingerprint density at radius 3 is 2.58 bits per heavy atom. The lowest BCUT2D eigenvalue weighted by molar-refractivity contribution is 0.866. The number of aromatic amines is 1. The summed E-state index contributed by atoms with van der Waals surface area (Å²) in [6, 6.07) is 14.9. The van der Waals surface area contributed by atoms with Crippen LogP contribution in [0, 0.1) is 4.77 Å². The maximum absolute atomic E-state index is 5.54. The minimum absolute atomic E-state index is 0.464. The van der Waals surface area contributed by atoms with Gasteiger partial charge in [0.15, 0.2) is 10.6 Å². The molecule has 0 atom stereocenters. The summed E-state index contributed by atoms with van der Waals surface area (Å²) in [5.74, 6) is 1.30. The number of benzene rings is 2. The van der Waals surface area contributed by atoms with Crippen molar-refractivity contribution in [2.75, 3.05) is 25.3 Å². The first-order chi connectivity index (χ1) is 12.4. The average Bonchev–Trinajstić information content (AvgIpc) is 3.02. The van der Waals surface area contributed by atoms with Crippen molar-refractivity contribution in [3.63, 3.8) is 0 Å². The summed E-state index contributed by atoms with van der Waals surface area (Å²) in [5.41, 5.74) is 4.52. The van der Waals surface area contributed by atoms with E-state index in [9.17, 15) is 0 Å². The molecule has 0 aliphatic heterocycles. The van der Waals surface area contributed by atoms with Crippen LogP contribution in [0.15, 0.2) is 47.4 Å². The van der Waals surface area contributed by atoms with E-state index in [1.54, 1.807) is 11.8 Å². The second-order valence-electron chi connectivity index (χ2n) is 6.72. The molecular formula is C20H24N4S2. The van der Waals surface area contributed by atoms with Crippen LogP contribution in [-0.2, 0) is 0 Å². The van der Waals surface area contributed by atoms with Crippen LogP contribution in [-0.4, -0.2) is 35.1 Å². The van der Waals surface area contributed by atoms with E-state index in [1.807, 2.05) is 4.57 Å². The third kappa shape index (κ3) is 3.57. The second kappa shape index (κ2) is 7.68. The van der Waals surface area contributed by atoms with Crippen molar-refractivity contribution in [1.29, 1.82) is 0 Å². The van der Waals surface area contributed by atoms with Gasteiger partial charge in [0.2, 0.25) is 0 Å². The van der Waals surface area contributed by atoms with Crippen molar-refractivity contribution in [2.45, 2.75) is 24.7 Å². The van der Waals surface area contributed by atoms with E-state index >= 15 is 0 Å². The Morgan fingerprint density at radius 1 is 1.15 bits per heavy atom. The third-order valence-electron chi connectivity index (χ3n) is 4.39. The number of hydrogen-bond acceptors (Lipinski definition) is 4. The van der Waals surface area contributed by atoms with Gasteiger partial charge in [-0.05, 0) is 54.2 Å². The van der Waals surface area contributed by atoms with Crippen molar-refractivity contribution < 1.29 is 0 Å². The van der Waals surface area contributed by atoms with Crippen LogP contribution in [0.1, 0.15) is 25.3 Å². The molecule has 1 N–H and O–H groups in total. The SMILES string of the molecule is CSc1ccc(-n2c(-c3cccc(C(C)C)c3)n[nH]c2=S)cc1N(C)C. The monoisotopic (exact) mass is 384 g/mol. The number of nitrogens with one attached hydrogen (secondary N) is 1. The zero-order valence-corrected chi connectivity index (χ0v) is 17.4. The largest absolute Gasteiger partial charge is 0.377 e. The first kappa shape index (κ1) is 18.7. The van der Waals surface area contributed by atoms with Gasteiger partial charge in [-0.15, -0.1) is 11.8 Å². The van der Waals surface area contributed by atoms with Crippen molar-refractivity contribution in [1.82, 2.24) is 14.8 Å². The van der Waals surface area contributed by atoms with Gasteiger partial charge in [0.1, 0.15) is 0 Å². The first-order valence-electron chi connectivity index (χ1n) is 8.56. The highest BCUT2D eigenvalue weighted by Crippen LogP contribution is 2.32. The Kier molecular flexibility index (Phi) is 5.53. The highest BCUT2D eigenvalue weighted by atomic mass is 32.2. The lowest BCUT2D eigenvalue weighted by Gasteiger charge is -2.18. The van der Waals surface area contributed by atoms with E-state index in [2.05, 4.69) is 91.8 Å². The molecule has 136 valence electrons. The highest BCUT2D eigenvalue weighted by molar-refractivity contribution is 7.98. The molecule has 0 bridgehead atoms. The van der Waals surface area contributed by atoms with Gasteiger partial charge < -0.3 is 4.90 Å². The van der Waals surface area contributed by atoms with Crippen LogP contribution in [0.4, 0.5) is 5.69 Å². The molecule has 0 saturated heterocycles. The highest BCUT2D eigenvalue weighted by Gasteiger charge is 2.14. The predicted octanol–water partition coefficient (Wildman–Crippen LogP) is 5.51. The maximum Gasteiger partial charge on any atom is 0.200 e. The lowest BCUT2D eigenvalue weighted by atomic mass is 10.0. The molecule has 6 heteroatoms. The van der Waals surface area contributed by atoms with E-state index in [1.165, 1.54) is 16.1 Å². The fraction of sp³-hybridized carbons (Fsp3) is 0.300. The van der Waals surface area contributed by atoms with Crippen molar-refractivity contribution >= 4 is 29.7 Å². The van der Waals surface area contributed by atoms with Crippen molar-refractivity contribution in [2.24, 2.45) is 0 Å². The van der Waals surface area contributed by atoms with Gasteiger partial charge >= 0.3 is 0 Å². The van der Waals surface area contributed by atoms with E-state index < -0.39 is 0 Å². The fourth-order valence-electron chi connectivity index (χ4n) is 2.93. The quantitative estimate of drug-likeness (QED) is 0.465. The zero-order valence-electron chi connectivity index (χ0n) is 15.8. The third-order valence-corrected chi connectivity index (χ3v) is 5.45. The van der Waals surface area contributed by atoms with E-state index in [4.69, 9.17) is 12.2 Å². The molecular weight excluding hydrogens is 360 g/mol. The molecule has 0 aliphatic rings. The van der Waals surface area contributed by atoms with Gasteiger partial charge in [-0.3, -0.25) is 9.67 Å². The predicted molar refractivity (Wildman–Crippen MR) is 114 cm³/mol. The van der Waals surface area contributed by atoms with Gasteiger partial charge in [-0.25, -0.2) is 0 Å². The minimum atomic E-state index is 0.464. The molecule has 2 aromatic carbocycles. The number of aromatic nitrogens is 3. The number of rotatable bonds is 5. The molecule has 0 amide bonds. The van der Waals surface area contributed by atoms with Crippen LogP contribution in [0.3, 0.4) is 0 Å². The molecule has 1 aromatic heterocycles. The first-order valence-corrected chi connectivity index (χ1v) is 10.2. The molecule has 3 aromatic rings. The Balaban J connectivity index is 2.17. The molecule has 0 unspecified atom stereocenters. The molecule has 0 saturated carbocycles. The molecule has 0 radical (unpaired) electrons. The molecule has 4 nitrogen and oxygen atoms in total. The van der Waals surface area contributed by atoms with Gasteiger partial charge in [0.05, 0.1) is 11.4 Å². The molecule has 0 aliphatic carbocycles. The van der Waals surface area contributed by atoms with E-state index in [0.29, 0.717) is 10.7 Å². The summed E-state index contributed by atoms with van der Waals surface area (Å²) in [5, 5.41) is 7.46. The normalized spacial score (nSPS) is 11.2. The summed E-state index contributed by atoms with van der Waals surface area (Å²) in [4.78, 5) is 3.36. The van der Waals surface area contributed by atoms with Crippen LogP contribution in [0.25, 0.3) is 17.1 Å². The minimum Gasteiger partial charge on any atom is -0.377 e. The summed E-state index contributed by atoms with van der Waals surface area (Å²) in [6.45, 7) is 4.39. The summed E-state index contributed by atoms with van der Waals surface area (Å²) in [7, 11) is 4.11. The Bertz CT molecular complexity index is 970. The number of H-pyrrole nitrogens is 1. The second-order valence-corrected chi connectivity index (χ2v) is 7.95. The zero-order chi connectivity index (χ0) is 18.8. The van der Waals surface area contributed by atoms with Crippen molar-refractivity contribution in [3.05, 3.63) is 52.8 Å². The number of hydrogen-bond donors (Lipinski definition) is 1. The van der Waals surface area contributed by atoms with Gasteiger partial charge in [0.25, 0.3) is 0 Å². The average molecular weight is 385 g/mol. The Morgan fingerprint density at radius 2 is 1.92 bits per heavy atom. The topological polar surface area (TPSA) is 36.9 Å². The molecule has 0 fully saturated rings. The van der Waals surface area contributed by atoms with Gasteiger partial charge in [-0.1, -0.05) is 32.0 Å². The van der Waals surface area contributed by atoms with Gasteiger partial charge in [0, 0.05) is 24.6 Å². The summed E-state index contributed by atoms with van der Waals surface area (Å²) < 4.78 is 2.60. The van der Waals surface area contributed by atoms with Crippen molar-refractivity contribution in [3.8, 4) is 17.1 Å². The molecule has 3 rings (SSSR count). The van der Waals surface area contributed by atoms with Gasteiger partial charge in [-0.2, -0.15) is 5.10 Å². The smallest absolute Gasteiger partial charge is 0.200 e. The lowest BCUT2D eigenvalue weighted by Crippen LogP contribution is -2.10. The standard InChI is InChI=1S/C20H24N4S2/c1-13(2)14-7-6-8-15(11-14)19-21-22-20(25)24(19)16-9-10-18(26-5)17(12-16)23(3)4/h6-13H,1-5H3,(H,22,25). The van der Waals surface area contributed by atoms with Crippen LogP contribution >= 0.6 is 24.0 Å². The maximum atomic E-state index is 5.54. The summed E-state index contributed by atoms with van der Waals surface area (Å²) >= 11 is 7.27. The van der Waals surface area contributed by atoms with Crippen LogP contribution in [0.2, 0.25) is 0 Å². The molecule has 26 heavy (non-hydrogen) atoms. The number of thioether (sulfide) groups is 1. The number of anilines is 1. The molecule has 1 heterocycles. The fourth-order valence-corrected chi connectivity index (χ4v) is 3.83. The van der Waals surface area contributed by atoms with Crippen LogP contribution in [0.5, 0.6) is 0 Å². The Labute approximate surface area is 164 Å². The Hall–Kier alpha value is -2.05.